The quantitative estimate of drug-likeness (QED) is 0.420. The Kier molecular flexibility index (Phi) is 4.95. The van der Waals surface area contributed by atoms with Crippen molar-refractivity contribution >= 4 is 55.5 Å². The lowest BCUT2D eigenvalue weighted by Gasteiger charge is -2.19. The molecule has 7 heteroatoms. The summed E-state index contributed by atoms with van der Waals surface area (Å²) in [4.78, 5) is 24.4. The van der Waals surface area contributed by atoms with E-state index in [0.29, 0.717) is 20.9 Å². The van der Waals surface area contributed by atoms with E-state index in [0.717, 1.165) is 15.8 Å². The van der Waals surface area contributed by atoms with Crippen LogP contribution in [0.1, 0.15) is 26.4 Å². The number of benzene rings is 1. The van der Waals surface area contributed by atoms with Gasteiger partial charge in [-0.15, -0.1) is 11.3 Å². The molecule has 1 amide bonds. The summed E-state index contributed by atoms with van der Waals surface area (Å²) in [5.74, 6) is -0.108. The number of anilines is 1. The minimum Gasteiger partial charge on any atom is -0.279 e. The molecule has 0 aliphatic rings. The number of pyridine rings is 1. The molecular formula is C20H16ClN3OS2. The molecule has 0 aliphatic carbocycles. The van der Waals surface area contributed by atoms with Crippen molar-refractivity contribution in [2.75, 3.05) is 4.90 Å². The molecule has 0 aliphatic heterocycles. The van der Waals surface area contributed by atoms with E-state index in [1.54, 1.807) is 29.4 Å². The summed E-state index contributed by atoms with van der Waals surface area (Å²) in [6.07, 6.45) is 3.49. The second kappa shape index (κ2) is 7.38. The first kappa shape index (κ1) is 18.1. The predicted molar refractivity (Wildman–Crippen MR) is 113 cm³/mol. The third-order valence-corrected chi connectivity index (χ3v) is 6.58. The van der Waals surface area contributed by atoms with Gasteiger partial charge in [0.25, 0.3) is 5.91 Å². The van der Waals surface area contributed by atoms with Crippen LogP contribution in [0, 0.1) is 13.8 Å². The maximum Gasteiger partial charge on any atom is 0.270 e. The standard InChI is InChI=1S/C20H16ClN3OS2/c1-12-8-15-17(9-13(12)2)27-20(23-15)24(11-14-4-3-7-22-10-14)19(25)16-5-6-18(21)26-16/h3-10H,11H2,1-2H3. The van der Waals surface area contributed by atoms with Crippen LogP contribution in [0.5, 0.6) is 0 Å². The van der Waals surface area contributed by atoms with Gasteiger partial charge in [0.1, 0.15) is 0 Å². The highest BCUT2D eigenvalue weighted by atomic mass is 35.5. The lowest BCUT2D eigenvalue weighted by atomic mass is 10.1. The second-order valence-corrected chi connectivity index (χ2v) is 8.98. The second-order valence-electron chi connectivity index (χ2n) is 6.26. The molecule has 3 aromatic heterocycles. The largest absolute Gasteiger partial charge is 0.279 e. The van der Waals surface area contributed by atoms with E-state index in [-0.39, 0.29) is 5.91 Å². The summed E-state index contributed by atoms with van der Waals surface area (Å²) in [5.41, 5.74) is 4.26. The summed E-state index contributed by atoms with van der Waals surface area (Å²) >= 11 is 8.84. The zero-order valence-electron chi connectivity index (χ0n) is 14.8. The van der Waals surface area contributed by atoms with E-state index in [1.165, 1.54) is 33.8 Å². The molecule has 136 valence electrons. The first-order valence-electron chi connectivity index (χ1n) is 8.35. The highest BCUT2D eigenvalue weighted by Gasteiger charge is 2.23. The Morgan fingerprint density at radius 1 is 1.15 bits per heavy atom. The Hall–Kier alpha value is -2.28. The van der Waals surface area contributed by atoms with Crippen LogP contribution in [0.4, 0.5) is 5.13 Å². The fourth-order valence-corrected chi connectivity index (χ4v) is 4.78. The zero-order valence-corrected chi connectivity index (χ0v) is 17.2. The van der Waals surface area contributed by atoms with Gasteiger partial charge in [-0.3, -0.25) is 14.7 Å². The monoisotopic (exact) mass is 413 g/mol. The van der Waals surface area contributed by atoms with E-state index in [1.807, 2.05) is 12.1 Å². The summed E-state index contributed by atoms with van der Waals surface area (Å²) in [6, 6.07) is 11.5. The molecule has 4 aromatic rings. The van der Waals surface area contributed by atoms with Crippen molar-refractivity contribution in [1.82, 2.24) is 9.97 Å². The Balaban J connectivity index is 1.78. The SMILES string of the molecule is Cc1cc2nc(N(Cc3cccnc3)C(=O)c3ccc(Cl)s3)sc2cc1C. The topological polar surface area (TPSA) is 46.1 Å². The molecule has 0 bridgehead atoms. The van der Waals surface area contributed by atoms with Crippen molar-refractivity contribution in [1.29, 1.82) is 0 Å². The van der Waals surface area contributed by atoms with E-state index in [4.69, 9.17) is 16.6 Å². The summed E-state index contributed by atoms with van der Waals surface area (Å²) < 4.78 is 1.66. The van der Waals surface area contributed by atoms with Gasteiger partial charge in [-0.25, -0.2) is 4.98 Å². The lowest BCUT2D eigenvalue weighted by molar-refractivity contribution is 0.0989. The van der Waals surface area contributed by atoms with E-state index in [2.05, 4.69) is 31.0 Å². The molecule has 1 aromatic carbocycles. The molecule has 0 unspecified atom stereocenters. The number of rotatable bonds is 4. The number of hydrogen-bond acceptors (Lipinski definition) is 5. The predicted octanol–water partition coefficient (Wildman–Crippen LogP) is 5.87. The average Bonchev–Trinajstić information content (AvgIpc) is 3.26. The smallest absolute Gasteiger partial charge is 0.270 e. The number of aromatic nitrogens is 2. The van der Waals surface area contributed by atoms with Crippen molar-refractivity contribution in [3.8, 4) is 0 Å². The van der Waals surface area contributed by atoms with E-state index >= 15 is 0 Å². The van der Waals surface area contributed by atoms with Crippen molar-refractivity contribution in [3.05, 3.63) is 74.7 Å². The Labute approximate surface area is 170 Å². The fourth-order valence-electron chi connectivity index (χ4n) is 2.75. The first-order valence-corrected chi connectivity index (χ1v) is 10.4. The van der Waals surface area contributed by atoms with Crippen molar-refractivity contribution in [2.45, 2.75) is 20.4 Å². The van der Waals surface area contributed by atoms with Gasteiger partial charge in [-0.2, -0.15) is 0 Å². The van der Waals surface area contributed by atoms with Gasteiger partial charge in [0.2, 0.25) is 0 Å². The molecule has 0 atom stereocenters. The van der Waals surface area contributed by atoms with Crippen molar-refractivity contribution in [2.24, 2.45) is 0 Å². The number of thiazole rings is 1. The number of hydrogen-bond donors (Lipinski definition) is 0. The number of nitrogens with zero attached hydrogens (tertiary/aromatic N) is 3. The molecule has 27 heavy (non-hydrogen) atoms. The average molecular weight is 414 g/mol. The molecule has 0 saturated carbocycles. The molecule has 3 heterocycles. The van der Waals surface area contributed by atoms with Crippen LogP contribution in [0.25, 0.3) is 10.2 Å². The van der Waals surface area contributed by atoms with Crippen LogP contribution in [-0.4, -0.2) is 15.9 Å². The maximum absolute atomic E-state index is 13.2. The number of halogens is 1. The highest BCUT2D eigenvalue weighted by Crippen LogP contribution is 2.33. The molecule has 0 radical (unpaired) electrons. The minimum absolute atomic E-state index is 0.108. The molecular weight excluding hydrogens is 398 g/mol. The Bertz CT molecular complexity index is 1080. The van der Waals surface area contributed by atoms with Crippen LogP contribution < -0.4 is 4.90 Å². The number of carbonyl (C=O) groups is 1. The number of carbonyl (C=O) groups excluding carboxylic acids is 1. The number of aryl methyl sites for hydroxylation is 2. The first-order chi connectivity index (χ1) is 13.0. The molecule has 4 rings (SSSR count). The number of amides is 1. The summed E-state index contributed by atoms with van der Waals surface area (Å²) in [6.45, 7) is 4.56. The maximum atomic E-state index is 13.2. The third kappa shape index (κ3) is 3.74. The van der Waals surface area contributed by atoms with Crippen LogP contribution in [-0.2, 0) is 6.54 Å². The van der Waals surface area contributed by atoms with Gasteiger partial charge in [0.15, 0.2) is 5.13 Å². The minimum atomic E-state index is -0.108. The summed E-state index contributed by atoms with van der Waals surface area (Å²) in [5, 5.41) is 0.674. The van der Waals surface area contributed by atoms with Crippen molar-refractivity contribution < 1.29 is 4.79 Å². The van der Waals surface area contributed by atoms with Gasteiger partial charge >= 0.3 is 0 Å². The van der Waals surface area contributed by atoms with Gasteiger partial charge in [-0.05, 0) is 60.9 Å². The molecule has 4 nitrogen and oxygen atoms in total. The molecule has 0 spiro atoms. The van der Waals surface area contributed by atoms with Crippen LogP contribution in [0.2, 0.25) is 4.34 Å². The number of thiophene rings is 1. The Morgan fingerprint density at radius 3 is 2.67 bits per heavy atom. The lowest BCUT2D eigenvalue weighted by Crippen LogP contribution is -2.29. The van der Waals surface area contributed by atoms with Gasteiger partial charge < -0.3 is 0 Å². The van der Waals surface area contributed by atoms with Crippen LogP contribution in [0.15, 0.2) is 48.8 Å². The molecule has 0 N–H and O–H groups in total. The summed E-state index contributed by atoms with van der Waals surface area (Å²) in [7, 11) is 0. The van der Waals surface area contributed by atoms with Gasteiger partial charge in [0, 0.05) is 12.4 Å². The normalized spacial score (nSPS) is 11.1. The Morgan fingerprint density at radius 2 is 1.96 bits per heavy atom. The highest BCUT2D eigenvalue weighted by molar-refractivity contribution is 7.22. The zero-order chi connectivity index (χ0) is 19.0. The van der Waals surface area contributed by atoms with Crippen LogP contribution in [0.3, 0.4) is 0 Å². The molecule has 0 fully saturated rings. The van der Waals surface area contributed by atoms with E-state index in [9.17, 15) is 4.79 Å². The van der Waals surface area contributed by atoms with Crippen LogP contribution >= 0.6 is 34.3 Å². The van der Waals surface area contributed by atoms with Gasteiger partial charge in [-0.1, -0.05) is 29.0 Å². The van der Waals surface area contributed by atoms with E-state index < -0.39 is 0 Å². The van der Waals surface area contributed by atoms with Gasteiger partial charge in [0.05, 0.1) is 26.0 Å². The fraction of sp³-hybridized carbons (Fsp3) is 0.150. The number of fused-ring (bicyclic) bond motifs is 1. The molecule has 0 saturated heterocycles. The third-order valence-electron chi connectivity index (χ3n) is 4.32. The van der Waals surface area contributed by atoms with Crippen molar-refractivity contribution in [3.63, 3.8) is 0 Å².